The Kier molecular flexibility index (Phi) is 4.48. The third kappa shape index (κ3) is 2.65. The standard InChI is InChI=1S/C24H34O5/c1-14(25)24(29-15(2)26)11-8-19-17-13-23(5,28)20-12-16(27)6-9-21(20,3)18(17)7-10-22(19,24)4/h12,17-19,28H,6-11,13H2,1-5H3/t17-,18+,19+,21+,22+,23-,24+/m0/s1. The van der Waals surface area contributed by atoms with E-state index in [0.29, 0.717) is 25.2 Å². The molecular weight excluding hydrogens is 368 g/mol. The van der Waals surface area contributed by atoms with E-state index in [1.807, 2.05) is 6.92 Å². The van der Waals surface area contributed by atoms with Crippen molar-refractivity contribution in [2.75, 3.05) is 0 Å². The minimum absolute atomic E-state index is 0.0613. The van der Waals surface area contributed by atoms with Gasteiger partial charge in [0.25, 0.3) is 0 Å². The predicted molar refractivity (Wildman–Crippen MR) is 108 cm³/mol. The van der Waals surface area contributed by atoms with Crippen molar-refractivity contribution in [1.82, 2.24) is 0 Å². The van der Waals surface area contributed by atoms with E-state index >= 15 is 0 Å². The Morgan fingerprint density at radius 2 is 1.72 bits per heavy atom. The summed E-state index contributed by atoms with van der Waals surface area (Å²) in [7, 11) is 0. The molecule has 0 spiro atoms. The van der Waals surface area contributed by atoms with Gasteiger partial charge >= 0.3 is 5.97 Å². The Bertz CT molecular complexity index is 810. The van der Waals surface area contributed by atoms with Crippen LogP contribution in [0.25, 0.3) is 0 Å². The van der Waals surface area contributed by atoms with Crippen LogP contribution in [0.4, 0.5) is 0 Å². The number of esters is 1. The fourth-order valence-corrected chi connectivity index (χ4v) is 8.06. The van der Waals surface area contributed by atoms with Gasteiger partial charge in [-0.05, 0) is 87.2 Å². The van der Waals surface area contributed by atoms with Gasteiger partial charge in [0.05, 0.1) is 5.60 Å². The van der Waals surface area contributed by atoms with Crippen molar-refractivity contribution in [1.29, 1.82) is 0 Å². The summed E-state index contributed by atoms with van der Waals surface area (Å²) < 4.78 is 5.80. The molecule has 160 valence electrons. The number of carbonyl (C=O) groups is 3. The quantitative estimate of drug-likeness (QED) is 0.711. The maximum Gasteiger partial charge on any atom is 0.303 e. The predicted octanol–water partition coefficient (Wildman–Crippen LogP) is 3.77. The third-order valence-electron chi connectivity index (χ3n) is 9.29. The summed E-state index contributed by atoms with van der Waals surface area (Å²) >= 11 is 0. The van der Waals surface area contributed by atoms with Gasteiger partial charge in [0, 0.05) is 18.8 Å². The smallest absolute Gasteiger partial charge is 0.303 e. The van der Waals surface area contributed by atoms with Crippen LogP contribution in [-0.2, 0) is 19.1 Å². The Morgan fingerprint density at radius 1 is 1.07 bits per heavy atom. The Morgan fingerprint density at radius 3 is 2.34 bits per heavy atom. The second kappa shape index (κ2) is 6.26. The highest BCUT2D eigenvalue weighted by Crippen LogP contribution is 2.69. The van der Waals surface area contributed by atoms with Gasteiger partial charge in [-0.1, -0.05) is 13.8 Å². The van der Waals surface area contributed by atoms with Gasteiger partial charge in [0.15, 0.2) is 17.2 Å². The molecule has 7 atom stereocenters. The molecule has 4 rings (SSSR count). The fourth-order valence-electron chi connectivity index (χ4n) is 8.06. The van der Waals surface area contributed by atoms with Crippen molar-refractivity contribution in [2.45, 2.75) is 90.8 Å². The number of ether oxygens (including phenoxy) is 1. The van der Waals surface area contributed by atoms with E-state index in [1.54, 1.807) is 13.0 Å². The zero-order valence-corrected chi connectivity index (χ0v) is 18.3. The van der Waals surface area contributed by atoms with E-state index in [9.17, 15) is 19.5 Å². The van der Waals surface area contributed by atoms with E-state index < -0.39 is 22.6 Å². The lowest BCUT2D eigenvalue weighted by molar-refractivity contribution is -0.190. The first-order chi connectivity index (χ1) is 13.4. The minimum atomic E-state index is -1.06. The van der Waals surface area contributed by atoms with Gasteiger partial charge in [-0.25, -0.2) is 0 Å². The van der Waals surface area contributed by atoms with Gasteiger partial charge in [0.1, 0.15) is 0 Å². The molecule has 0 aliphatic heterocycles. The molecule has 4 aliphatic carbocycles. The summed E-state index contributed by atoms with van der Waals surface area (Å²) in [4.78, 5) is 36.9. The summed E-state index contributed by atoms with van der Waals surface area (Å²) in [5, 5.41) is 11.4. The van der Waals surface area contributed by atoms with Crippen LogP contribution in [0.1, 0.15) is 79.6 Å². The molecule has 3 fully saturated rings. The zero-order valence-electron chi connectivity index (χ0n) is 18.3. The molecule has 5 heteroatoms. The van der Waals surface area contributed by atoms with E-state index in [-0.39, 0.29) is 28.8 Å². The molecule has 0 saturated heterocycles. The number of rotatable bonds is 2. The monoisotopic (exact) mass is 402 g/mol. The maximum absolute atomic E-state index is 12.8. The Labute approximate surface area is 173 Å². The van der Waals surface area contributed by atoms with Crippen LogP contribution in [0.3, 0.4) is 0 Å². The van der Waals surface area contributed by atoms with Crippen LogP contribution in [-0.4, -0.2) is 33.8 Å². The molecule has 29 heavy (non-hydrogen) atoms. The maximum atomic E-state index is 12.8. The summed E-state index contributed by atoms with van der Waals surface area (Å²) in [6, 6.07) is 0. The SMILES string of the molecule is CC(=O)O[C@@]1(C(C)=O)CC[C@@H]2[C@H]3C[C@](C)(O)C4=CC(=O)CC[C@]4(C)[C@@H]3CC[C@]21C. The lowest BCUT2D eigenvalue weighted by Gasteiger charge is -2.62. The second-order valence-corrected chi connectivity index (χ2v) is 10.8. The van der Waals surface area contributed by atoms with Crippen molar-refractivity contribution in [3.05, 3.63) is 11.6 Å². The summed E-state index contributed by atoms with van der Waals surface area (Å²) in [6.07, 6.45) is 6.76. The molecule has 0 unspecified atom stereocenters. The minimum Gasteiger partial charge on any atom is -0.451 e. The normalized spacial score (nSPS) is 48.8. The molecule has 4 aliphatic rings. The molecule has 0 bridgehead atoms. The van der Waals surface area contributed by atoms with E-state index in [4.69, 9.17) is 4.74 Å². The fraction of sp³-hybridized carbons (Fsp3) is 0.792. The van der Waals surface area contributed by atoms with E-state index in [0.717, 1.165) is 31.3 Å². The first-order valence-corrected chi connectivity index (χ1v) is 11.1. The number of Topliss-reactive ketones (excluding diaryl/α,β-unsaturated/α-hetero) is 1. The zero-order chi connectivity index (χ0) is 21.4. The van der Waals surface area contributed by atoms with Crippen LogP contribution in [0.15, 0.2) is 11.6 Å². The highest BCUT2D eigenvalue weighted by molar-refractivity contribution is 5.92. The summed E-state index contributed by atoms with van der Waals surface area (Å²) in [5.74, 6) is 0.489. The van der Waals surface area contributed by atoms with Crippen LogP contribution < -0.4 is 0 Å². The molecule has 1 N–H and O–H groups in total. The van der Waals surface area contributed by atoms with Crippen LogP contribution in [0.5, 0.6) is 0 Å². The average Bonchev–Trinajstić information content (AvgIpc) is 2.90. The molecule has 5 nitrogen and oxygen atoms in total. The summed E-state index contributed by atoms with van der Waals surface area (Å²) in [6.45, 7) is 9.12. The number of aliphatic hydroxyl groups is 1. The molecular formula is C24H34O5. The topological polar surface area (TPSA) is 80.7 Å². The second-order valence-electron chi connectivity index (χ2n) is 10.8. The first-order valence-electron chi connectivity index (χ1n) is 11.1. The number of hydrogen-bond acceptors (Lipinski definition) is 5. The van der Waals surface area contributed by atoms with Crippen molar-refractivity contribution < 1.29 is 24.2 Å². The van der Waals surface area contributed by atoms with Crippen molar-refractivity contribution in [3.8, 4) is 0 Å². The highest BCUT2D eigenvalue weighted by Gasteiger charge is 2.69. The number of hydrogen-bond donors (Lipinski definition) is 1. The number of ketones is 2. The van der Waals surface area contributed by atoms with Gasteiger partial charge in [0.2, 0.25) is 0 Å². The first kappa shape index (κ1) is 20.8. The Balaban J connectivity index is 1.77. The number of carbonyl (C=O) groups excluding carboxylic acids is 3. The molecule has 0 heterocycles. The van der Waals surface area contributed by atoms with Crippen LogP contribution >= 0.6 is 0 Å². The van der Waals surface area contributed by atoms with Gasteiger partial charge in [-0.2, -0.15) is 0 Å². The summed E-state index contributed by atoms with van der Waals surface area (Å²) in [5.41, 5.74) is -1.77. The van der Waals surface area contributed by atoms with Crippen molar-refractivity contribution >= 4 is 17.5 Å². The highest BCUT2D eigenvalue weighted by atomic mass is 16.6. The lowest BCUT2D eigenvalue weighted by Crippen LogP contribution is -2.61. The van der Waals surface area contributed by atoms with Gasteiger partial charge in [-0.3, -0.25) is 14.4 Å². The largest absolute Gasteiger partial charge is 0.451 e. The van der Waals surface area contributed by atoms with Gasteiger partial charge in [-0.15, -0.1) is 0 Å². The Hall–Kier alpha value is -1.49. The van der Waals surface area contributed by atoms with Crippen LogP contribution in [0.2, 0.25) is 0 Å². The van der Waals surface area contributed by atoms with Crippen molar-refractivity contribution in [2.24, 2.45) is 28.6 Å². The molecule has 0 aromatic rings. The molecule has 0 aromatic heterocycles. The average molecular weight is 403 g/mol. The third-order valence-corrected chi connectivity index (χ3v) is 9.29. The molecule has 0 aromatic carbocycles. The van der Waals surface area contributed by atoms with Crippen molar-refractivity contribution in [3.63, 3.8) is 0 Å². The molecule has 0 amide bonds. The van der Waals surface area contributed by atoms with Crippen LogP contribution in [0, 0.1) is 28.6 Å². The molecule has 0 radical (unpaired) electrons. The lowest BCUT2D eigenvalue weighted by atomic mass is 9.44. The molecule has 3 saturated carbocycles. The van der Waals surface area contributed by atoms with E-state index in [2.05, 4.69) is 13.8 Å². The van der Waals surface area contributed by atoms with E-state index in [1.165, 1.54) is 6.92 Å². The number of fused-ring (bicyclic) bond motifs is 5. The van der Waals surface area contributed by atoms with Gasteiger partial charge < -0.3 is 9.84 Å².